The van der Waals surface area contributed by atoms with Crippen molar-refractivity contribution in [1.82, 2.24) is 10.3 Å². The van der Waals surface area contributed by atoms with Crippen molar-refractivity contribution in [3.63, 3.8) is 0 Å². The lowest BCUT2D eigenvalue weighted by Crippen LogP contribution is -2.38. The van der Waals surface area contributed by atoms with Crippen LogP contribution >= 0.6 is 0 Å². The normalized spacial score (nSPS) is 13.8. The molecule has 0 radical (unpaired) electrons. The molecule has 0 aromatic carbocycles. The Morgan fingerprint density at radius 2 is 2.25 bits per heavy atom. The number of aliphatic hydroxyl groups is 1. The van der Waals surface area contributed by atoms with E-state index in [0.29, 0.717) is 11.5 Å². The van der Waals surface area contributed by atoms with Crippen LogP contribution in [0.25, 0.3) is 0 Å². The first kappa shape index (κ1) is 14.2. The van der Waals surface area contributed by atoms with Crippen molar-refractivity contribution < 1.29 is 18.7 Å². The molecule has 2 heterocycles. The fourth-order valence-electron chi connectivity index (χ4n) is 1.70. The van der Waals surface area contributed by atoms with Crippen molar-refractivity contribution >= 4 is 5.91 Å². The predicted molar refractivity (Wildman–Crippen MR) is 69.5 cm³/mol. The zero-order chi connectivity index (χ0) is 14.8. The van der Waals surface area contributed by atoms with Crippen LogP contribution < -0.4 is 5.32 Å². The molecule has 0 spiro atoms. The zero-order valence-electron chi connectivity index (χ0n) is 11.2. The van der Waals surface area contributed by atoms with Crippen molar-refractivity contribution in [3.8, 4) is 0 Å². The highest BCUT2D eigenvalue weighted by molar-refractivity contribution is 5.93. The number of nitrogens with zero attached hydrogens (tertiary/aromatic N) is 1. The molecule has 106 valence electrons. The molecular formula is C14H15FN2O3. The second-order valence-electron chi connectivity index (χ2n) is 4.76. The molecule has 1 atom stereocenters. The van der Waals surface area contributed by atoms with Gasteiger partial charge in [-0.1, -0.05) is 0 Å². The maximum Gasteiger partial charge on any atom is 0.253 e. The Bertz CT molecular complexity index is 622. The Labute approximate surface area is 115 Å². The first-order valence-electron chi connectivity index (χ1n) is 6.06. The first-order chi connectivity index (χ1) is 9.38. The molecule has 0 aliphatic heterocycles. The van der Waals surface area contributed by atoms with Gasteiger partial charge in [0.25, 0.3) is 5.91 Å². The molecule has 0 aliphatic rings. The van der Waals surface area contributed by atoms with E-state index < -0.39 is 17.3 Å². The molecule has 20 heavy (non-hydrogen) atoms. The molecule has 2 aromatic rings. The smallest absolute Gasteiger partial charge is 0.253 e. The topological polar surface area (TPSA) is 75.4 Å². The summed E-state index contributed by atoms with van der Waals surface area (Å²) in [6.07, 6.45) is 2.27. The monoisotopic (exact) mass is 278 g/mol. The molecule has 2 aromatic heterocycles. The summed E-state index contributed by atoms with van der Waals surface area (Å²) in [6, 6.07) is 4.45. The summed E-state index contributed by atoms with van der Waals surface area (Å²) in [7, 11) is 0. The van der Waals surface area contributed by atoms with Crippen LogP contribution in [0.5, 0.6) is 0 Å². The molecular weight excluding hydrogens is 263 g/mol. The van der Waals surface area contributed by atoms with E-state index in [2.05, 4.69) is 10.3 Å². The number of furan rings is 1. The van der Waals surface area contributed by atoms with E-state index in [4.69, 9.17) is 4.42 Å². The number of amides is 1. The number of carbonyl (C=O) groups excluding carboxylic acids is 1. The van der Waals surface area contributed by atoms with Crippen LogP contribution in [0.2, 0.25) is 0 Å². The number of hydrogen-bond donors (Lipinski definition) is 2. The number of aromatic nitrogens is 1. The van der Waals surface area contributed by atoms with Crippen LogP contribution in [0.1, 0.15) is 28.8 Å². The van der Waals surface area contributed by atoms with E-state index >= 15 is 0 Å². The highest BCUT2D eigenvalue weighted by atomic mass is 19.1. The zero-order valence-corrected chi connectivity index (χ0v) is 11.2. The van der Waals surface area contributed by atoms with Gasteiger partial charge < -0.3 is 14.8 Å². The Kier molecular flexibility index (Phi) is 3.85. The van der Waals surface area contributed by atoms with Crippen LogP contribution in [0.15, 0.2) is 35.0 Å². The molecule has 0 bridgehead atoms. The second kappa shape index (κ2) is 5.42. The third-order valence-electron chi connectivity index (χ3n) is 2.83. The van der Waals surface area contributed by atoms with E-state index in [-0.39, 0.29) is 12.1 Å². The van der Waals surface area contributed by atoms with Gasteiger partial charge in [-0.05, 0) is 32.0 Å². The lowest BCUT2D eigenvalue weighted by atomic mass is 10.0. The summed E-state index contributed by atoms with van der Waals surface area (Å²) in [5.74, 6) is -0.0831. The second-order valence-corrected chi connectivity index (χ2v) is 4.76. The molecule has 5 nitrogen and oxygen atoms in total. The van der Waals surface area contributed by atoms with Gasteiger partial charge in [-0.3, -0.25) is 9.78 Å². The third-order valence-corrected chi connectivity index (χ3v) is 2.83. The SMILES string of the molecule is Cc1ccc(C(C)(O)CNC(=O)c2cncc(F)c2)o1. The van der Waals surface area contributed by atoms with Gasteiger partial charge in [0.2, 0.25) is 0 Å². The maximum absolute atomic E-state index is 13.0. The third kappa shape index (κ3) is 3.21. The summed E-state index contributed by atoms with van der Waals surface area (Å²) >= 11 is 0. The van der Waals surface area contributed by atoms with Crippen LogP contribution in [0.3, 0.4) is 0 Å². The van der Waals surface area contributed by atoms with Crippen molar-refractivity contribution in [2.75, 3.05) is 6.54 Å². The van der Waals surface area contributed by atoms with Gasteiger partial charge in [-0.2, -0.15) is 0 Å². The van der Waals surface area contributed by atoms with E-state index in [9.17, 15) is 14.3 Å². The van der Waals surface area contributed by atoms with Crippen molar-refractivity contribution in [2.45, 2.75) is 19.4 Å². The Balaban J connectivity index is 2.03. The van der Waals surface area contributed by atoms with E-state index in [0.717, 1.165) is 12.3 Å². The van der Waals surface area contributed by atoms with Crippen LogP contribution in [-0.4, -0.2) is 22.5 Å². The number of rotatable bonds is 4. The summed E-state index contributed by atoms with van der Waals surface area (Å²) in [6.45, 7) is 3.22. The minimum atomic E-state index is -1.34. The minimum absolute atomic E-state index is 0.0602. The lowest BCUT2D eigenvalue weighted by molar-refractivity contribution is 0.0323. The maximum atomic E-state index is 13.0. The summed E-state index contributed by atoms with van der Waals surface area (Å²) in [5.41, 5.74) is -1.25. The molecule has 0 fully saturated rings. The van der Waals surface area contributed by atoms with Crippen molar-refractivity contribution in [2.24, 2.45) is 0 Å². The largest absolute Gasteiger partial charge is 0.463 e. The Hall–Kier alpha value is -2.21. The molecule has 1 amide bonds. The number of nitrogens with one attached hydrogen (secondary N) is 1. The highest BCUT2D eigenvalue weighted by Crippen LogP contribution is 2.22. The molecule has 0 saturated carbocycles. The van der Waals surface area contributed by atoms with E-state index in [1.165, 1.54) is 13.1 Å². The summed E-state index contributed by atoms with van der Waals surface area (Å²) in [5, 5.41) is 12.8. The Morgan fingerprint density at radius 1 is 1.50 bits per heavy atom. The number of halogens is 1. The van der Waals surface area contributed by atoms with Crippen LogP contribution in [-0.2, 0) is 5.60 Å². The molecule has 0 saturated heterocycles. The van der Waals surface area contributed by atoms with Gasteiger partial charge >= 0.3 is 0 Å². The quantitative estimate of drug-likeness (QED) is 0.893. The van der Waals surface area contributed by atoms with Crippen molar-refractivity contribution in [3.05, 3.63) is 53.5 Å². The number of aryl methyl sites for hydroxylation is 1. The minimum Gasteiger partial charge on any atom is -0.463 e. The molecule has 1 unspecified atom stereocenters. The summed E-state index contributed by atoms with van der Waals surface area (Å²) < 4.78 is 18.3. The molecule has 0 aliphatic carbocycles. The van der Waals surface area contributed by atoms with Gasteiger partial charge in [0, 0.05) is 6.20 Å². The molecule has 6 heteroatoms. The standard InChI is InChI=1S/C14H15FN2O3/c1-9-3-4-12(20-9)14(2,19)8-17-13(18)10-5-11(15)7-16-6-10/h3-7,19H,8H2,1-2H3,(H,17,18). The molecule has 2 N–H and O–H groups in total. The van der Waals surface area contributed by atoms with E-state index in [1.54, 1.807) is 19.1 Å². The van der Waals surface area contributed by atoms with Crippen molar-refractivity contribution in [1.29, 1.82) is 0 Å². The first-order valence-corrected chi connectivity index (χ1v) is 6.06. The fourth-order valence-corrected chi connectivity index (χ4v) is 1.70. The van der Waals surface area contributed by atoms with Gasteiger partial charge in [0.15, 0.2) is 0 Å². The number of pyridine rings is 1. The Morgan fingerprint density at radius 3 is 2.85 bits per heavy atom. The summed E-state index contributed by atoms with van der Waals surface area (Å²) in [4.78, 5) is 15.4. The van der Waals surface area contributed by atoms with Gasteiger partial charge in [-0.15, -0.1) is 0 Å². The number of carbonyl (C=O) groups is 1. The number of hydrogen-bond acceptors (Lipinski definition) is 4. The predicted octanol–water partition coefficient (Wildman–Crippen LogP) is 1.76. The van der Waals surface area contributed by atoms with Gasteiger partial charge in [0.05, 0.1) is 18.3 Å². The van der Waals surface area contributed by atoms with Crippen LogP contribution in [0.4, 0.5) is 4.39 Å². The lowest BCUT2D eigenvalue weighted by Gasteiger charge is -2.21. The van der Waals surface area contributed by atoms with Crippen LogP contribution in [0, 0.1) is 12.7 Å². The molecule has 2 rings (SSSR count). The fraction of sp³-hybridized carbons (Fsp3) is 0.286. The average Bonchev–Trinajstić information content (AvgIpc) is 2.83. The van der Waals surface area contributed by atoms with E-state index in [1.807, 2.05) is 0 Å². The van der Waals surface area contributed by atoms with Gasteiger partial charge in [-0.25, -0.2) is 4.39 Å². The highest BCUT2D eigenvalue weighted by Gasteiger charge is 2.27. The van der Waals surface area contributed by atoms with Gasteiger partial charge in [0.1, 0.15) is 22.9 Å². The average molecular weight is 278 g/mol.